The van der Waals surface area contributed by atoms with Crippen LogP contribution in [0.15, 0.2) is 24.3 Å². The van der Waals surface area contributed by atoms with Crippen molar-refractivity contribution < 1.29 is 18.4 Å². The summed E-state index contributed by atoms with van der Waals surface area (Å²) < 4.78 is 20.7. The molecule has 0 aliphatic heterocycles. The molecule has 1 aromatic carbocycles. The Morgan fingerprint density at radius 2 is 2.11 bits per heavy atom. The molecular formula is C9H9BrClNO5S. The molecule has 1 rings (SSSR count). The SMILES string of the molecule is CS(=O)(=O)C(Cl)(Br)C(O)c1cccc([N+](=O)[O-])c1. The molecule has 0 amide bonds. The third kappa shape index (κ3) is 3.00. The molecule has 0 saturated carbocycles. The van der Waals surface area contributed by atoms with E-state index in [1.165, 1.54) is 18.2 Å². The molecule has 0 radical (unpaired) electrons. The van der Waals surface area contributed by atoms with Gasteiger partial charge in [0.15, 0.2) is 9.84 Å². The minimum Gasteiger partial charge on any atom is -0.385 e. The van der Waals surface area contributed by atoms with E-state index in [0.29, 0.717) is 0 Å². The third-order valence-corrected chi connectivity index (χ3v) is 6.67. The van der Waals surface area contributed by atoms with Gasteiger partial charge < -0.3 is 5.11 Å². The Balaban J connectivity index is 3.23. The molecule has 0 fully saturated rings. The third-order valence-electron chi connectivity index (χ3n) is 2.21. The molecule has 9 heteroatoms. The number of benzene rings is 1. The molecule has 0 aliphatic rings. The molecule has 0 bridgehead atoms. The molecule has 6 nitrogen and oxygen atoms in total. The van der Waals surface area contributed by atoms with Crippen molar-refractivity contribution in [1.82, 2.24) is 0 Å². The van der Waals surface area contributed by atoms with Gasteiger partial charge in [-0.2, -0.15) is 0 Å². The van der Waals surface area contributed by atoms with Gasteiger partial charge in [-0.3, -0.25) is 10.1 Å². The molecule has 0 saturated heterocycles. The Bertz CT molecular complexity index is 574. The molecular weight excluding hydrogens is 350 g/mol. The summed E-state index contributed by atoms with van der Waals surface area (Å²) in [5, 5.41) is 20.5. The Morgan fingerprint density at radius 1 is 1.56 bits per heavy atom. The summed E-state index contributed by atoms with van der Waals surface area (Å²) in [6, 6.07) is 4.97. The number of sulfone groups is 1. The Hall–Kier alpha value is -0.700. The van der Waals surface area contributed by atoms with Crippen LogP contribution < -0.4 is 0 Å². The summed E-state index contributed by atoms with van der Waals surface area (Å²) >= 11 is 8.46. The van der Waals surface area contributed by atoms with Crippen LogP contribution in [0.4, 0.5) is 5.69 Å². The van der Waals surface area contributed by atoms with E-state index < -0.39 is 24.0 Å². The number of hydrogen-bond donors (Lipinski definition) is 1. The van der Waals surface area contributed by atoms with Crippen molar-refractivity contribution in [3.63, 3.8) is 0 Å². The topological polar surface area (TPSA) is 97.5 Å². The van der Waals surface area contributed by atoms with Crippen LogP contribution in [0.3, 0.4) is 0 Å². The number of non-ortho nitro benzene ring substituents is 1. The minimum atomic E-state index is -3.82. The zero-order chi connectivity index (χ0) is 14.1. The molecule has 0 aromatic heterocycles. The van der Waals surface area contributed by atoms with Gasteiger partial charge in [0.25, 0.3) is 5.69 Å². The monoisotopic (exact) mass is 357 g/mol. The fraction of sp³-hybridized carbons (Fsp3) is 0.333. The Kier molecular flexibility index (Phi) is 4.37. The lowest BCUT2D eigenvalue weighted by Crippen LogP contribution is -2.32. The van der Waals surface area contributed by atoms with E-state index >= 15 is 0 Å². The molecule has 1 N–H and O–H groups in total. The number of nitrogens with zero attached hydrogens (tertiary/aromatic N) is 1. The Morgan fingerprint density at radius 3 is 2.56 bits per heavy atom. The van der Waals surface area contributed by atoms with Crippen LogP contribution in [-0.4, -0.2) is 27.8 Å². The van der Waals surface area contributed by atoms with Crippen molar-refractivity contribution in [2.75, 3.05) is 6.26 Å². The van der Waals surface area contributed by atoms with Crippen LogP contribution in [0.5, 0.6) is 0 Å². The molecule has 0 heterocycles. The summed E-state index contributed by atoms with van der Waals surface area (Å²) in [5.41, 5.74) is -0.235. The van der Waals surface area contributed by atoms with Gasteiger partial charge in [0.2, 0.25) is 3.12 Å². The van der Waals surface area contributed by atoms with Gasteiger partial charge in [-0.15, -0.1) is 0 Å². The predicted molar refractivity (Wildman–Crippen MR) is 70.4 cm³/mol. The standard InChI is InChI=1S/C9H9BrClNO5S/c1-18(16,17)9(10,11)8(13)6-3-2-4-7(5-6)12(14)15/h2-5,8,13H,1H3. The predicted octanol–water partition coefficient (Wildman–Crippen LogP) is 1.96. The van der Waals surface area contributed by atoms with E-state index in [2.05, 4.69) is 15.9 Å². The first kappa shape index (κ1) is 15.4. The van der Waals surface area contributed by atoms with Crippen LogP contribution in [0, 0.1) is 10.1 Å². The number of alkyl halides is 2. The van der Waals surface area contributed by atoms with Gasteiger partial charge in [0.1, 0.15) is 6.10 Å². The number of nitro groups is 1. The van der Waals surface area contributed by atoms with Gasteiger partial charge in [-0.25, -0.2) is 8.42 Å². The zero-order valence-electron chi connectivity index (χ0n) is 9.08. The smallest absolute Gasteiger partial charge is 0.269 e. The fourth-order valence-electron chi connectivity index (χ4n) is 1.21. The number of aliphatic hydroxyl groups excluding tert-OH is 1. The van der Waals surface area contributed by atoms with Crippen LogP contribution in [0.25, 0.3) is 0 Å². The first-order valence-electron chi connectivity index (χ1n) is 4.57. The molecule has 0 spiro atoms. The van der Waals surface area contributed by atoms with E-state index in [1.807, 2.05) is 0 Å². The van der Waals surface area contributed by atoms with Crippen LogP contribution in [0.2, 0.25) is 0 Å². The first-order valence-corrected chi connectivity index (χ1v) is 7.63. The summed E-state index contributed by atoms with van der Waals surface area (Å²) in [5.74, 6) is 0. The molecule has 2 unspecified atom stereocenters. The molecule has 100 valence electrons. The minimum absolute atomic E-state index is 0.0292. The molecule has 2 atom stereocenters. The number of aliphatic hydroxyl groups is 1. The Labute approximate surface area is 117 Å². The normalized spacial score (nSPS) is 16.9. The number of hydrogen-bond acceptors (Lipinski definition) is 5. The zero-order valence-corrected chi connectivity index (χ0v) is 12.2. The van der Waals surface area contributed by atoms with Crippen LogP contribution in [0.1, 0.15) is 11.7 Å². The highest BCUT2D eigenvalue weighted by atomic mass is 79.9. The summed E-state index contributed by atoms with van der Waals surface area (Å²) in [7, 11) is -3.82. The van der Waals surface area contributed by atoms with Crippen LogP contribution in [-0.2, 0) is 9.84 Å². The highest BCUT2D eigenvalue weighted by molar-refractivity contribution is 9.12. The first-order chi connectivity index (χ1) is 8.07. The van der Waals surface area contributed by atoms with E-state index in [9.17, 15) is 23.6 Å². The lowest BCUT2D eigenvalue weighted by molar-refractivity contribution is -0.385. The second-order valence-electron chi connectivity index (χ2n) is 3.59. The maximum Gasteiger partial charge on any atom is 0.269 e. The quantitative estimate of drug-likeness (QED) is 0.504. The van der Waals surface area contributed by atoms with Crippen molar-refractivity contribution in [2.45, 2.75) is 9.22 Å². The largest absolute Gasteiger partial charge is 0.385 e. The van der Waals surface area contributed by atoms with Crippen molar-refractivity contribution in [1.29, 1.82) is 0 Å². The van der Waals surface area contributed by atoms with Crippen molar-refractivity contribution in [2.24, 2.45) is 0 Å². The summed E-state index contributed by atoms with van der Waals surface area (Å²) in [6.45, 7) is 0. The number of rotatable bonds is 4. The summed E-state index contributed by atoms with van der Waals surface area (Å²) in [6.07, 6.45) is -0.802. The molecule has 1 aromatic rings. The summed E-state index contributed by atoms with van der Waals surface area (Å²) in [4.78, 5) is 9.93. The second-order valence-corrected chi connectivity index (χ2v) is 8.83. The average Bonchev–Trinajstić information content (AvgIpc) is 2.26. The highest BCUT2D eigenvalue weighted by Gasteiger charge is 2.44. The van der Waals surface area contributed by atoms with Gasteiger partial charge in [0.05, 0.1) is 4.92 Å². The van der Waals surface area contributed by atoms with Crippen molar-refractivity contribution in [3.05, 3.63) is 39.9 Å². The highest BCUT2D eigenvalue weighted by Crippen LogP contribution is 2.42. The molecule has 0 aliphatic carbocycles. The maximum absolute atomic E-state index is 11.4. The van der Waals surface area contributed by atoms with Gasteiger partial charge in [0, 0.05) is 18.4 Å². The second kappa shape index (κ2) is 5.12. The maximum atomic E-state index is 11.4. The average molecular weight is 359 g/mol. The van der Waals surface area contributed by atoms with E-state index in [1.54, 1.807) is 0 Å². The van der Waals surface area contributed by atoms with E-state index in [-0.39, 0.29) is 11.3 Å². The van der Waals surface area contributed by atoms with Crippen LogP contribution >= 0.6 is 27.5 Å². The number of halogens is 2. The van der Waals surface area contributed by atoms with E-state index in [4.69, 9.17) is 11.6 Å². The molecule has 18 heavy (non-hydrogen) atoms. The van der Waals surface area contributed by atoms with Gasteiger partial charge >= 0.3 is 0 Å². The van der Waals surface area contributed by atoms with Crippen molar-refractivity contribution >= 4 is 43.1 Å². The lowest BCUT2D eigenvalue weighted by Gasteiger charge is -2.24. The van der Waals surface area contributed by atoms with Gasteiger partial charge in [-0.1, -0.05) is 23.7 Å². The lowest BCUT2D eigenvalue weighted by atomic mass is 10.1. The fourth-order valence-corrected chi connectivity index (χ4v) is 2.14. The van der Waals surface area contributed by atoms with Crippen molar-refractivity contribution in [3.8, 4) is 0 Å². The number of nitro benzene ring substituents is 1. The van der Waals surface area contributed by atoms with E-state index in [0.717, 1.165) is 12.3 Å². The van der Waals surface area contributed by atoms with Gasteiger partial charge in [-0.05, 0) is 21.5 Å².